The first-order chi connectivity index (χ1) is 6.88. The standard InChI is InChI=1S/C10H19N3O2/c1-6-15-7-12-8(2)11-13(9(12)14)10(3,4)5/h6-7H2,1-5H3. The summed E-state index contributed by atoms with van der Waals surface area (Å²) >= 11 is 0. The molecule has 86 valence electrons. The molecular weight excluding hydrogens is 194 g/mol. The number of aromatic nitrogens is 3. The molecule has 0 amide bonds. The minimum atomic E-state index is -0.292. The van der Waals surface area contributed by atoms with Crippen LogP contribution in [0.1, 0.15) is 33.5 Å². The Morgan fingerprint density at radius 2 is 2.00 bits per heavy atom. The zero-order chi connectivity index (χ0) is 11.6. The third-order valence-electron chi connectivity index (χ3n) is 2.11. The smallest absolute Gasteiger partial charge is 0.348 e. The topological polar surface area (TPSA) is 49.0 Å². The monoisotopic (exact) mass is 213 g/mol. The van der Waals surface area contributed by atoms with Gasteiger partial charge in [-0.15, -0.1) is 0 Å². The number of hydrogen-bond acceptors (Lipinski definition) is 3. The van der Waals surface area contributed by atoms with Crippen LogP contribution >= 0.6 is 0 Å². The van der Waals surface area contributed by atoms with E-state index in [0.717, 1.165) is 0 Å². The molecule has 0 bridgehead atoms. The van der Waals surface area contributed by atoms with Crippen molar-refractivity contribution in [2.45, 2.75) is 46.9 Å². The van der Waals surface area contributed by atoms with Gasteiger partial charge in [0.05, 0.1) is 5.54 Å². The summed E-state index contributed by atoms with van der Waals surface area (Å²) in [7, 11) is 0. The van der Waals surface area contributed by atoms with Crippen molar-refractivity contribution in [1.29, 1.82) is 0 Å². The van der Waals surface area contributed by atoms with E-state index in [1.54, 1.807) is 0 Å². The molecule has 0 aliphatic rings. The highest BCUT2D eigenvalue weighted by molar-refractivity contribution is 4.86. The molecule has 0 aliphatic carbocycles. The Kier molecular flexibility index (Phi) is 3.34. The first-order valence-electron chi connectivity index (χ1n) is 5.12. The van der Waals surface area contributed by atoms with Crippen molar-refractivity contribution in [3.63, 3.8) is 0 Å². The molecule has 0 atom stereocenters. The lowest BCUT2D eigenvalue weighted by molar-refractivity contribution is 0.0832. The molecule has 0 aromatic carbocycles. The molecule has 0 saturated heterocycles. The van der Waals surface area contributed by atoms with Crippen molar-refractivity contribution in [2.75, 3.05) is 6.61 Å². The van der Waals surface area contributed by atoms with Crippen LogP contribution in [0.2, 0.25) is 0 Å². The summed E-state index contributed by atoms with van der Waals surface area (Å²) in [5, 5.41) is 4.22. The average Bonchev–Trinajstić information content (AvgIpc) is 2.39. The van der Waals surface area contributed by atoms with Crippen LogP contribution in [-0.4, -0.2) is 21.0 Å². The number of hydrogen-bond donors (Lipinski definition) is 0. The summed E-state index contributed by atoms with van der Waals surface area (Å²) in [6.07, 6.45) is 0. The minimum absolute atomic E-state index is 0.117. The summed E-state index contributed by atoms with van der Waals surface area (Å²) in [5.74, 6) is 0.684. The third-order valence-corrected chi connectivity index (χ3v) is 2.11. The van der Waals surface area contributed by atoms with Crippen molar-refractivity contribution < 1.29 is 4.74 Å². The molecule has 0 N–H and O–H groups in total. The molecule has 1 heterocycles. The second-order valence-corrected chi connectivity index (χ2v) is 4.46. The Hall–Kier alpha value is -1.10. The van der Waals surface area contributed by atoms with E-state index in [2.05, 4.69) is 5.10 Å². The van der Waals surface area contributed by atoms with Crippen molar-refractivity contribution in [3.05, 3.63) is 16.3 Å². The first-order valence-corrected chi connectivity index (χ1v) is 5.12. The molecule has 15 heavy (non-hydrogen) atoms. The lowest BCUT2D eigenvalue weighted by atomic mass is 10.1. The molecule has 5 nitrogen and oxygen atoms in total. The maximum absolute atomic E-state index is 11.9. The highest BCUT2D eigenvalue weighted by atomic mass is 16.5. The van der Waals surface area contributed by atoms with Gasteiger partial charge < -0.3 is 4.74 Å². The molecule has 1 aromatic heterocycles. The summed E-state index contributed by atoms with van der Waals surface area (Å²) < 4.78 is 8.24. The Bertz CT molecular complexity index is 384. The lowest BCUT2D eigenvalue weighted by Crippen LogP contribution is -2.36. The normalized spacial score (nSPS) is 12.1. The zero-order valence-corrected chi connectivity index (χ0v) is 10.1. The van der Waals surface area contributed by atoms with Crippen LogP contribution in [0.15, 0.2) is 4.79 Å². The van der Waals surface area contributed by atoms with E-state index >= 15 is 0 Å². The largest absolute Gasteiger partial charge is 0.361 e. The maximum atomic E-state index is 11.9. The van der Waals surface area contributed by atoms with Crippen LogP contribution in [0, 0.1) is 6.92 Å². The van der Waals surface area contributed by atoms with Crippen LogP contribution < -0.4 is 5.69 Å². The second kappa shape index (κ2) is 4.18. The van der Waals surface area contributed by atoms with Crippen molar-refractivity contribution in [1.82, 2.24) is 14.3 Å². The predicted octanol–water partition coefficient (Wildman–Crippen LogP) is 1.10. The number of aryl methyl sites for hydroxylation is 1. The van der Waals surface area contributed by atoms with Gasteiger partial charge in [-0.3, -0.25) is 4.57 Å². The van der Waals surface area contributed by atoms with Gasteiger partial charge in [0.15, 0.2) is 0 Å². The van der Waals surface area contributed by atoms with Gasteiger partial charge in [-0.2, -0.15) is 5.10 Å². The van der Waals surface area contributed by atoms with Crippen molar-refractivity contribution in [2.24, 2.45) is 0 Å². The van der Waals surface area contributed by atoms with Crippen LogP contribution in [0.4, 0.5) is 0 Å². The molecule has 0 unspecified atom stereocenters. The van der Waals surface area contributed by atoms with Crippen molar-refractivity contribution >= 4 is 0 Å². The number of rotatable bonds is 3. The fraction of sp³-hybridized carbons (Fsp3) is 0.800. The zero-order valence-electron chi connectivity index (χ0n) is 10.1. The van der Waals surface area contributed by atoms with Gasteiger partial charge >= 0.3 is 5.69 Å². The number of ether oxygens (including phenoxy) is 1. The Morgan fingerprint density at radius 3 is 2.40 bits per heavy atom. The van der Waals surface area contributed by atoms with E-state index in [1.165, 1.54) is 9.25 Å². The molecule has 0 aliphatic heterocycles. The summed E-state index contributed by atoms with van der Waals surface area (Å²) in [4.78, 5) is 11.9. The fourth-order valence-electron chi connectivity index (χ4n) is 1.26. The Morgan fingerprint density at radius 1 is 1.40 bits per heavy atom. The van der Waals surface area contributed by atoms with E-state index in [9.17, 15) is 4.79 Å². The third kappa shape index (κ3) is 2.47. The average molecular weight is 213 g/mol. The van der Waals surface area contributed by atoms with E-state index in [4.69, 9.17) is 4.74 Å². The maximum Gasteiger partial charge on any atom is 0.348 e. The summed E-state index contributed by atoms with van der Waals surface area (Å²) in [6, 6.07) is 0. The Balaban J connectivity index is 3.10. The van der Waals surface area contributed by atoms with Gasteiger partial charge in [-0.05, 0) is 34.6 Å². The SMILES string of the molecule is CCOCn1c(C)nn(C(C)(C)C)c1=O. The Labute approximate surface area is 89.7 Å². The van der Waals surface area contributed by atoms with Crippen LogP contribution in [-0.2, 0) is 17.0 Å². The van der Waals surface area contributed by atoms with Gasteiger partial charge in [-0.25, -0.2) is 9.48 Å². The predicted molar refractivity (Wildman–Crippen MR) is 57.8 cm³/mol. The molecule has 1 aromatic rings. The molecule has 5 heteroatoms. The van der Waals surface area contributed by atoms with Crippen LogP contribution in [0.5, 0.6) is 0 Å². The lowest BCUT2D eigenvalue weighted by Gasteiger charge is -2.16. The van der Waals surface area contributed by atoms with Crippen LogP contribution in [0.3, 0.4) is 0 Å². The van der Waals surface area contributed by atoms with Crippen LogP contribution in [0.25, 0.3) is 0 Å². The van der Waals surface area contributed by atoms with Crippen molar-refractivity contribution in [3.8, 4) is 0 Å². The number of nitrogens with zero attached hydrogens (tertiary/aromatic N) is 3. The molecular formula is C10H19N3O2. The van der Waals surface area contributed by atoms with Gasteiger partial charge in [0.25, 0.3) is 0 Å². The van der Waals surface area contributed by atoms with E-state index in [0.29, 0.717) is 12.4 Å². The van der Waals surface area contributed by atoms with Gasteiger partial charge in [-0.1, -0.05) is 0 Å². The highest BCUT2D eigenvalue weighted by Gasteiger charge is 2.20. The minimum Gasteiger partial charge on any atom is -0.361 e. The van der Waals surface area contributed by atoms with Gasteiger partial charge in [0.1, 0.15) is 12.6 Å². The van der Waals surface area contributed by atoms with Gasteiger partial charge in [0.2, 0.25) is 0 Å². The van der Waals surface area contributed by atoms with E-state index in [1.807, 2.05) is 34.6 Å². The fourth-order valence-corrected chi connectivity index (χ4v) is 1.26. The molecule has 0 radical (unpaired) electrons. The summed E-state index contributed by atoms with van der Waals surface area (Å²) in [6.45, 7) is 10.4. The van der Waals surface area contributed by atoms with E-state index < -0.39 is 0 Å². The molecule has 1 rings (SSSR count). The molecule has 0 spiro atoms. The molecule has 0 fully saturated rings. The molecule has 0 saturated carbocycles. The van der Waals surface area contributed by atoms with E-state index in [-0.39, 0.29) is 18.0 Å². The second-order valence-electron chi connectivity index (χ2n) is 4.46. The summed E-state index contributed by atoms with van der Waals surface area (Å²) in [5.41, 5.74) is -0.410. The first kappa shape index (κ1) is 12.0. The van der Waals surface area contributed by atoms with Gasteiger partial charge in [0, 0.05) is 6.61 Å². The highest BCUT2D eigenvalue weighted by Crippen LogP contribution is 2.09. The quantitative estimate of drug-likeness (QED) is 0.755.